The van der Waals surface area contributed by atoms with Gasteiger partial charge in [0.1, 0.15) is 31.0 Å². The molecule has 1 aromatic carbocycles. The van der Waals surface area contributed by atoms with Crippen LogP contribution in [0, 0.1) is 11.8 Å². The van der Waals surface area contributed by atoms with Crippen LogP contribution in [0.2, 0.25) is 0 Å². The Hall–Kier alpha value is -3.89. The first-order valence-electron chi connectivity index (χ1n) is 12.0. The van der Waals surface area contributed by atoms with Crippen molar-refractivity contribution in [2.45, 2.75) is 43.4 Å². The molecule has 1 fully saturated rings. The van der Waals surface area contributed by atoms with Crippen LogP contribution in [-0.2, 0) is 28.5 Å². The van der Waals surface area contributed by atoms with Gasteiger partial charge in [-0.2, -0.15) is 0 Å². The lowest BCUT2D eigenvalue weighted by atomic mass is 9.83. The number of rotatable bonds is 9. The highest BCUT2D eigenvalue weighted by Gasteiger charge is 2.51. The second-order valence-electron chi connectivity index (χ2n) is 9.19. The van der Waals surface area contributed by atoms with Gasteiger partial charge in [-0.1, -0.05) is 6.08 Å². The van der Waals surface area contributed by atoms with Crippen molar-refractivity contribution in [2.24, 2.45) is 11.8 Å². The number of ether oxygens (including phenoxy) is 6. The number of carboxylic acids is 2. The molecule has 40 heavy (non-hydrogen) atoms. The number of esters is 1. The quantitative estimate of drug-likeness (QED) is 0.204. The summed E-state index contributed by atoms with van der Waals surface area (Å²) in [6, 6.07) is 2.38. The summed E-state index contributed by atoms with van der Waals surface area (Å²) < 4.78 is 31.8. The molecule has 218 valence electrons. The molecule has 0 amide bonds. The maximum absolute atomic E-state index is 12.7. The third kappa shape index (κ3) is 5.41. The zero-order chi connectivity index (χ0) is 29.3. The number of allylic oxidation sites excluding steroid dienone is 1. The van der Waals surface area contributed by atoms with E-state index in [0.717, 1.165) is 6.26 Å². The number of aliphatic carboxylic acids is 2. The van der Waals surface area contributed by atoms with Gasteiger partial charge in [0.25, 0.3) is 0 Å². The van der Waals surface area contributed by atoms with Gasteiger partial charge >= 0.3 is 17.9 Å². The van der Waals surface area contributed by atoms with Crippen LogP contribution in [-0.4, -0.2) is 106 Å². The van der Waals surface area contributed by atoms with Crippen LogP contribution in [0.25, 0.3) is 0 Å². The summed E-state index contributed by atoms with van der Waals surface area (Å²) in [5.74, 6) is -5.91. The van der Waals surface area contributed by atoms with Crippen molar-refractivity contribution < 1.29 is 73.4 Å². The average Bonchev–Trinajstić information content (AvgIpc) is 3.38. The van der Waals surface area contributed by atoms with Crippen LogP contribution in [0.3, 0.4) is 0 Å². The van der Waals surface area contributed by atoms with E-state index in [1.807, 2.05) is 0 Å². The van der Waals surface area contributed by atoms with E-state index in [1.165, 1.54) is 32.4 Å². The number of hydrogen-bond acceptors (Lipinski definition) is 13. The van der Waals surface area contributed by atoms with E-state index < -0.39 is 73.3 Å². The molecule has 15 heteroatoms. The lowest BCUT2D eigenvalue weighted by Gasteiger charge is -2.42. The number of hydrogen-bond donors (Lipinski definition) is 6. The molecule has 0 bridgehead atoms. The Morgan fingerprint density at radius 2 is 1.55 bits per heavy atom. The molecule has 0 spiro atoms. The zero-order valence-electron chi connectivity index (χ0n) is 21.2. The summed E-state index contributed by atoms with van der Waals surface area (Å²) in [7, 11) is 2.53. The Kier molecular flexibility index (Phi) is 8.51. The predicted molar refractivity (Wildman–Crippen MR) is 127 cm³/mol. The van der Waals surface area contributed by atoms with Gasteiger partial charge in [0, 0.05) is 11.5 Å². The summed E-state index contributed by atoms with van der Waals surface area (Å²) in [5, 5.41) is 60.4. The smallest absolute Gasteiger partial charge is 0.338 e. The average molecular weight is 568 g/mol. The molecule has 6 N–H and O–H groups in total. The normalized spacial score (nSPS) is 31.2. The molecule has 15 nitrogen and oxygen atoms in total. The fourth-order valence-corrected chi connectivity index (χ4v) is 4.83. The lowest BCUT2D eigenvalue weighted by molar-refractivity contribution is -0.339. The second-order valence-corrected chi connectivity index (χ2v) is 9.19. The Morgan fingerprint density at radius 3 is 2.12 bits per heavy atom. The van der Waals surface area contributed by atoms with Crippen molar-refractivity contribution in [1.29, 1.82) is 0 Å². The Bertz CT molecular complexity index is 1200. The predicted octanol–water partition coefficient (Wildman–Crippen LogP) is -0.638. The second kappa shape index (κ2) is 11.7. The molecule has 2 heterocycles. The lowest BCUT2D eigenvalue weighted by Crippen LogP contribution is -2.60. The summed E-state index contributed by atoms with van der Waals surface area (Å²) in [4.78, 5) is 36.0. The standard InChI is InChI=1S/C25H28O15/c1-35-13-5-9(6-14(36-2)17(13)26)23(34)37-8-15-18(27)19(28)20(29)25(39-15)40-24-16-10(3-4-11(16)21(30)31)12(7-38-24)22(32)33/h4-7,10,15-16,18-20,24-29H,3,8H2,1-2H3,(H,30,31)(H,32,33). The summed E-state index contributed by atoms with van der Waals surface area (Å²) >= 11 is 0. The van der Waals surface area contributed by atoms with E-state index in [1.54, 1.807) is 0 Å². The molecule has 8 unspecified atom stereocenters. The minimum absolute atomic E-state index is 0.0696. The van der Waals surface area contributed by atoms with Gasteiger partial charge in [-0.15, -0.1) is 0 Å². The van der Waals surface area contributed by atoms with Crippen LogP contribution < -0.4 is 9.47 Å². The minimum Gasteiger partial charge on any atom is -0.502 e. The van der Waals surface area contributed by atoms with Gasteiger partial charge in [-0.3, -0.25) is 0 Å². The number of aliphatic hydroxyl groups excluding tert-OH is 3. The summed E-state index contributed by atoms with van der Waals surface area (Å²) in [6.45, 7) is -0.629. The number of carbonyl (C=O) groups is 3. The molecule has 1 saturated heterocycles. The first-order valence-corrected chi connectivity index (χ1v) is 12.0. The maximum atomic E-state index is 12.7. The van der Waals surface area contributed by atoms with E-state index >= 15 is 0 Å². The number of methoxy groups -OCH3 is 2. The van der Waals surface area contributed by atoms with Crippen LogP contribution in [0.5, 0.6) is 17.2 Å². The molecule has 3 aliphatic rings. The highest BCUT2D eigenvalue weighted by molar-refractivity contribution is 5.92. The molecule has 1 aliphatic carbocycles. The number of carbonyl (C=O) groups excluding carboxylic acids is 1. The van der Waals surface area contributed by atoms with Gasteiger partial charge in [0.05, 0.1) is 37.5 Å². The van der Waals surface area contributed by atoms with Crippen molar-refractivity contribution in [3.05, 3.63) is 41.2 Å². The minimum atomic E-state index is -1.84. The third-order valence-corrected chi connectivity index (χ3v) is 6.93. The highest BCUT2D eigenvalue weighted by Crippen LogP contribution is 2.44. The van der Waals surface area contributed by atoms with E-state index in [0.29, 0.717) is 0 Å². The topological polar surface area (TPSA) is 228 Å². The van der Waals surface area contributed by atoms with Crippen LogP contribution in [0.4, 0.5) is 0 Å². The van der Waals surface area contributed by atoms with Gasteiger partial charge in [0.2, 0.25) is 12.0 Å². The summed E-state index contributed by atoms with van der Waals surface area (Å²) in [5.41, 5.74) is -0.398. The van der Waals surface area contributed by atoms with E-state index in [-0.39, 0.29) is 40.4 Å². The Labute approximate surface area is 226 Å². The van der Waals surface area contributed by atoms with Gasteiger partial charge in [0.15, 0.2) is 17.8 Å². The molecule has 2 aliphatic heterocycles. The molecule has 0 aromatic heterocycles. The van der Waals surface area contributed by atoms with E-state index in [2.05, 4.69) is 0 Å². The Balaban J connectivity index is 1.49. The number of fused-ring (bicyclic) bond motifs is 1. The fourth-order valence-electron chi connectivity index (χ4n) is 4.83. The fraction of sp³-hybridized carbons (Fsp3) is 0.480. The Morgan fingerprint density at radius 1 is 0.925 bits per heavy atom. The van der Waals surface area contributed by atoms with Crippen LogP contribution in [0.15, 0.2) is 35.6 Å². The first-order chi connectivity index (χ1) is 19.0. The molecule has 4 rings (SSSR count). The van der Waals surface area contributed by atoms with Crippen molar-refractivity contribution in [3.63, 3.8) is 0 Å². The van der Waals surface area contributed by atoms with Crippen molar-refractivity contribution in [2.75, 3.05) is 20.8 Å². The van der Waals surface area contributed by atoms with Crippen molar-refractivity contribution >= 4 is 17.9 Å². The van der Waals surface area contributed by atoms with Crippen molar-refractivity contribution in [3.8, 4) is 17.2 Å². The molecule has 0 radical (unpaired) electrons. The maximum Gasteiger partial charge on any atom is 0.338 e. The molecule has 8 atom stereocenters. The monoisotopic (exact) mass is 568 g/mol. The van der Waals surface area contributed by atoms with Crippen molar-refractivity contribution in [1.82, 2.24) is 0 Å². The van der Waals surface area contributed by atoms with E-state index in [9.17, 15) is 45.0 Å². The number of phenolic OH excluding ortho intramolecular Hbond substituents is 1. The third-order valence-electron chi connectivity index (χ3n) is 6.93. The highest BCUT2D eigenvalue weighted by atomic mass is 16.8. The number of aliphatic hydroxyl groups is 3. The number of carboxylic acid groups (broad SMARTS) is 2. The number of aromatic hydroxyl groups is 1. The molecule has 1 aromatic rings. The molecular weight excluding hydrogens is 540 g/mol. The van der Waals surface area contributed by atoms with E-state index in [4.69, 9.17) is 28.4 Å². The number of benzene rings is 1. The first kappa shape index (κ1) is 29.1. The van der Waals surface area contributed by atoms with Crippen LogP contribution in [0.1, 0.15) is 16.8 Å². The molecular formula is C25H28O15. The van der Waals surface area contributed by atoms with Crippen LogP contribution >= 0.6 is 0 Å². The van der Waals surface area contributed by atoms with Gasteiger partial charge in [-0.25, -0.2) is 14.4 Å². The van der Waals surface area contributed by atoms with Gasteiger partial charge < -0.3 is 59.1 Å². The zero-order valence-corrected chi connectivity index (χ0v) is 21.2. The molecule has 0 saturated carbocycles. The number of phenols is 1. The summed E-state index contributed by atoms with van der Waals surface area (Å²) in [6.07, 6.45) is -7.58. The largest absolute Gasteiger partial charge is 0.502 e. The SMILES string of the molecule is COc1cc(C(=O)OCC2OC(OC3OC=C(C(=O)O)C4CC=C(C(=O)O)C34)C(O)C(O)C2O)cc(OC)c1O. The van der Waals surface area contributed by atoms with Gasteiger partial charge in [-0.05, 0) is 18.6 Å².